The first-order valence-electron chi connectivity index (χ1n) is 9.31. The van der Waals surface area contributed by atoms with Crippen molar-refractivity contribution in [3.05, 3.63) is 70.1 Å². The van der Waals surface area contributed by atoms with Crippen LogP contribution in [-0.2, 0) is 11.2 Å². The minimum Gasteiger partial charge on any atom is -0.337 e. The van der Waals surface area contributed by atoms with Gasteiger partial charge in [-0.3, -0.25) is 9.69 Å². The van der Waals surface area contributed by atoms with Gasteiger partial charge in [0.1, 0.15) is 4.91 Å². The minimum absolute atomic E-state index is 0.0552. The maximum Gasteiger partial charge on any atom is 0.291 e. The normalized spacial score (nSPS) is 19.8. The van der Waals surface area contributed by atoms with E-state index < -0.39 is 0 Å². The molecular formula is C20H17N7OS2. The maximum atomic E-state index is 13.4. The monoisotopic (exact) mass is 435 g/mol. The second kappa shape index (κ2) is 7.96. The minimum atomic E-state index is -0.0552. The molecule has 0 radical (unpaired) electrons. The Bertz CT molecular complexity index is 1140. The van der Waals surface area contributed by atoms with E-state index in [1.807, 2.05) is 37.4 Å². The molecule has 0 bridgehead atoms. The van der Waals surface area contributed by atoms with E-state index in [0.717, 1.165) is 27.6 Å². The van der Waals surface area contributed by atoms with Crippen LogP contribution in [0.1, 0.15) is 5.56 Å². The van der Waals surface area contributed by atoms with Crippen molar-refractivity contribution in [3.63, 3.8) is 0 Å². The molecule has 1 aromatic heterocycles. The number of hydrogen-bond acceptors (Lipinski definition) is 8. The zero-order chi connectivity index (χ0) is 20.5. The smallest absolute Gasteiger partial charge is 0.291 e. The Morgan fingerprint density at radius 2 is 1.87 bits per heavy atom. The quantitative estimate of drug-likeness (QED) is 0.628. The number of amides is 1. The molecule has 2 aromatic carbocycles. The molecule has 150 valence electrons. The number of H-pyrrole nitrogens is 1. The van der Waals surface area contributed by atoms with Crippen molar-refractivity contribution in [2.75, 3.05) is 18.5 Å². The summed E-state index contributed by atoms with van der Waals surface area (Å²) in [5, 5.41) is 15.2. The van der Waals surface area contributed by atoms with E-state index in [2.05, 4.69) is 54.8 Å². The molecule has 1 saturated heterocycles. The Hall–Kier alpha value is -3.11. The van der Waals surface area contributed by atoms with Crippen molar-refractivity contribution in [3.8, 4) is 0 Å². The number of fused-ring (bicyclic) bond motifs is 1. The van der Waals surface area contributed by atoms with Crippen molar-refractivity contribution < 1.29 is 4.79 Å². The van der Waals surface area contributed by atoms with Crippen molar-refractivity contribution in [2.24, 2.45) is 4.99 Å². The SMILES string of the molecule is CN1C(=C2SC(=Nc3nn[nH]n3)N(CCc3ccccc3)C2=O)Sc2ccccc21. The van der Waals surface area contributed by atoms with Crippen LogP contribution in [0.2, 0.25) is 0 Å². The first-order chi connectivity index (χ1) is 14.7. The third-order valence-electron chi connectivity index (χ3n) is 4.79. The first-order valence-corrected chi connectivity index (χ1v) is 10.9. The zero-order valence-electron chi connectivity index (χ0n) is 16.0. The van der Waals surface area contributed by atoms with E-state index in [1.54, 1.807) is 16.7 Å². The number of tetrazole rings is 1. The highest BCUT2D eigenvalue weighted by molar-refractivity contribution is 8.19. The number of carbonyl (C=O) groups is 1. The van der Waals surface area contributed by atoms with Crippen molar-refractivity contribution >= 4 is 46.2 Å². The van der Waals surface area contributed by atoms with E-state index in [0.29, 0.717) is 16.6 Å². The number of amidine groups is 1. The van der Waals surface area contributed by atoms with Gasteiger partial charge in [0, 0.05) is 18.5 Å². The van der Waals surface area contributed by atoms with E-state index in [-0.39, 0.29) is 11.9 Å². The molecule has 3 aromatic rings. The highest BCUT2D eigenvalue weighted by Gasteiger charge is 2.39. The summed E-state index contributed by atoms with van der Waals surface area (Å²) in [4.78, 5) is 23.4. The lowest BCUT2D eigenvalue weighted by Crippen LogP contribution is -2.31. The largest absolute Gasteiger partial charge is 0.337 e. The van der Waals surface area contributed by atoms with Gasteiger partial charge in [-0.25, -0.2) is 0 Å². The fourth-order valence-corrected chi connectivity index (χ4v) is 5.64. The maximum absolute atomic E-state index is 13.4. The number of carbonyl (C=O) groups excluding carboxylic acids is 1. The summed E-state index contributed by atoms with van der Waals surface area (Å²) < 4.78 is 0. The van der Waals surface area contributed by atoms with Crippen molar-refractivity contribution in [2.45, 2.75) is 11.3 Å². The molecule has 0 spiro atoms. The van der Waals surface area contributed by atoms with Crippen molar-refractivity contribution in [1.29, 1.82) is 0 Å². The molecule has 5 rings (SSSR count). The first kappa shape index (κ1) is 18.9. The summed E-state index contributed by atoms with van der Waals surface area (Å²) in [5.41, 5.74) is 2.26. The van der Waals surface area contributed by atoms with Crippen LogP contribution in [0.25, 0.3) is 0 Å². The molecule has 8 nitrogen and oxygen atoms in total. The van der Waals surface area contributed by atoms with Gasteiger partial charge in [-0.15, -0.1) is 5.10 Å². The molecule has 2 aliphatic heterocycles. The van der Waals surface area contributed by atoms with Gasteiger partial charge in [-0.2, -0.15) is 10.2 Å². The Balaban J connectivity index is 1.48. The number of thioether (sulfide) groups is 2. The number of rotatable bonds is 4. The van der Waals surface area contributed by atoms with Crippen LogP contribution in [0.4, 0.5) is 11.6 Å². The second-order valence-electron chi connectivity index (χ2n) is 6.66. The van der Waals surface area contributed by atoms with Gasteiger partial charge >= 0.3 is 0 Å². The third-order valence-corrected chi connectivity index (χ3v) is 7.22. The summed E-state index contributed by atoms with van der Waals surface area (Å²) in [6, 6.07) is 18.2. The fraction of sp³-hybridized carbons (Fsp3) is 0.150. The van der Waals surface area contributed by atoms with E-state index in [1.165, 1.54) is 11.8 Å². The molecule has 0 saturated carbocycles. The average Bonchev–Trinajstić information content (AvgIpc) is 3.47. The molecule has 3 heterocycles. The molecule has 1 N–H and O–H groups in total. The number of aromatic amines is 1. The Morgan fingerprint density at radius 3 is 2.63 bits per heavy atom. The summed E-state index contributed by atoms with van der Waals surface area (Å²) in [5.74, 6) is 0.150. The van der Waals surface area contributed by atoms with Gasteiger partial charge in [0.2, 0.25) is 0 Å². The standard InChI is InChI=1S/C20H17N7OS2/c1-26-14-9-5-6-10-15(14)29-18(26)16-17(28)27(12-11-13-7-3-2-4-8-13)20(30-16)21-19-22-24-25-23-19/h2-10H,11-12H2,1H3,(H,22,23,24,25). The number of benzene rings is 2. The van der Waals surface area contributed by atoms with Crippen LogP contribution >= 0.6 is 23.5 Å². The molecule has 0 atom stereocenters. The van der Waals surface area contributed by atoms with Gasteiger partial charge in [0.25, 0.3) is 11.9 Å². The van der Waals surface area contributed by atoms with E-state index >= 15 is 0 Å². The van der Waals surface area contributed by atoms with Gasteiger partial charge in [-0.1, -0.05) is 59.3 Å². The lowest BCUT2D eigenvalue weighted by molar-refractivity contribution is -0.122. The lowest BCUT2D eigenvalue weighted by Gasteiger charge is -2.16. The van der Waals surface area contributed by atoms with Crippen LogP contribution in [0.5, 0.6) is 0 Å². The zero-order valence-corrected chi connectivity index (χ0v) is 17.7. The Labute approximate surface area is 181 Å². The highest BCUT2D eigenvalue weighted by Crippen LogP contribution is 2.49. The molecule has 30 heavy (non-hydrogen) atoms. The molecule has 0 unspecified atom stereocenters. The number of aliphatic imine (C=N–C) groups is 1. The van der Waals surface area contributed by atoms with Crippen LogP contribution in [0, 0.1) is 0 Å². The number of para-hydroxylation sites is 1. The van der Waals surface area contributed by atoms with E-state index in [9.17, 15) is 4.79 Å². The van der Waals surface area contributed by atoms with Crippen LogP contribution in [0.15, 0.2) is 74.4 Å². The van der Waals surface area contributed by atoms with Crippen LogP contribution in [0.3, 0.4) is 0 Å². The van der Waals surface area contributed by atoms with Crippen LogP contribution < -0.4 is 4.90 Å². The van der Waals surface area contributed by atoms with Gasteiger partial charge in [0.15, 0.2) is 5.17 Å². The van der Waals surface area contributed by atoms with Gasteiger partial charge in [0.05, 0.1) is 10.7 Å². The van der Waals surface area contributed by atoms with E-state index in [4.69, 9.17) is 0 Å². The number of hydrogen-bond donors (Lipinski definition) is 1. The average molecular weight is 436 g/mol. The molecular weight excluding hydrogens is 418 g/mol. The molecule has 1 amide bonds. The summed E-state index contributed by atoms with van der Waals surface area (Å²) in [6.45, 7) is 0.518. The molecule has 2 aliphatic rings. The van der Waals surface area contributed by atoms with Gasteiger partial charge < -0.3 is 4.90 Å². The number of anilines is 1. The summed E-state index contributed by atoms with van der Waals surface area (Å²) >= 11 is 2.96. The van der Waals surface area contributed by atoms with Gasteiger partial charge in [-0.05, 0) is 41.1 Å². The molecule has 10 heteroatoms. The topological polar surface area (TPSA) is 90.4 Å². The number of nitrogens with one attached hydrogen (secondary N) is 1. The van der Waals surface area contributed by atoms with Crippen molar-refractivity contribution in [1.82, 2.24) is 25.5 Å². The number of aromatic nitrogens is 4. The summed E-state index contributed by atoms with van der Waals surface area (Å²) in [6.07, 6.45) is 0.726. The number of nitrogens with zero attached hydrogens (tertiary/aromatic N) is 6. The molecule has 0 aliphatic carbocycles. The lowest BCUT2D eigenvalue weighted by atomic mass is 10.1. The second-order valence-corrected chi connectivity index (χ2v) is 8.67. The Morgan fingerprint density at radius 1 is 1.07 bits per heavy atom. The Kier molecular flexibility index (Phi) is 5.01. The predicted molar refractivity (Wildman–Crippen MR) is 118 cm³/mol. The fourth-order valence-electron chi connectivity index (χ4n) is 3.29. The third kappa shape index (κ3) is 3.48. The summed E-state index contributed by atoms with van der Waals surface area (Å²) in [7, 11) is 1.98. The molecule has 1 fully saturated rings. The van der Waals surface area contributed by atoms with Crippen LogP contribution in [-0.4, -0.2) is 50.2 Å². The predicted octanol–water partition coefficient (Wildman–Crippen LogP) is 3.42. The highest BCUT2D eigenvalue weighted by atomic mass is 32.2.